The van der Waals surface area contributed by atoms with Crippen LogP contribution >= 0.6 is 0 Å². The number of methoxy groups -OCH3 is 1. The normalized spacial score (nSPS) is 22.9. The van der Waals surface area contributed by atoms with E-state index < -0.39 is 5.97 Å². The predicted molar refractivity (Wildman–Crippen MR) is 61.0 cm³/mol. The van der Waals surface area contributed by atoms with Gasteiger partial charge in [-0.1, -0.05) is 6.07 Å². The van der Waals surface area contributed by atoms with E-state index in [1.807, 2.05) is 26.0 Å². The molecule has 0 aromatic heterocycles. The standard InChI is InChI=1S/C13H16O3/c1-7-8(2)12(16-3)5-4-9(7)10-6-11(10)13(14)15/h4-5,10-11H,6H2,1-3H3,(H,14,15). The highest BCUT2D eigenvalue weighted by Crippen LogP contribution is 2.49. The van der Waals surface area contributed by atoms with Gasteiger partial charge >= 0.3 is 5.97 Å². The first-order valence-corrected chi connectivity index (χ1v) is 5.43. The molecule has 0 heterocycles. The number of aliphatic carboxylic acids is 1. The van der Waals surface area contributed by atoms with E-state index in [0.717, 1.165) is 28.9 Å². The Morgan fingerprint density at radius 1 is 1.38 bits per heavy atom. The van der Waals surface area contributed by atoms with Crippen molar-refractivity contribution < 1.29 is 14.6 Å². The molecule has 0 aliphatic heterocycles. The van der Waals surface area contributed by atoms with Crippen LogP contribution in [0.3, 0.4) is 0 Å². The molecule has 3 heteroatoms. The van der Waals surface area contributed by atoms with Crippen molar-refractivity contribution in [2.45, 2.75) is 26.2 Å². The average Bonchev–Trinajstić information content (AvgIpc) is 3.02. The summed E-state index contributed by atoms with van der Waals surface area (Å²) >= 11 is 0. The van der Waals surface area contributed by atoms with Gasteiger partial charge in [-0.05, 0) is 48.9 Å². The van der Waals surface area contributed by atoms with Crippen LogP contribution < -0.4 is 4.74 Å². The summed E-state index contributed by atoms with van der Waals surface area (Å²) in [5.41, 5.74) is 3.43. The first kappa shape index (κ1) is 11.0. The average molecular weight is 220 g/mol. The van der Waals surface area contributed by atoms with Gasteiger partial charge in [-0.3, -0.25) is 4.79 Å². The number of carboxylic acid groups (broad SMARTS) is 1. The second-order valence-corrected chi connectivity index (χ2v) is 4.39. The minimum Gasteiger partial charge on any atom is -0.496 e. The number of hydrogen-bond donors (Lipinski definition) is 1. The van der Waals surface area contributed by atoms with Crippen molar-refractivity contribution in [3.8, 4) is 5.75 Å². The van der Waals surface area contributed by atoms with Crippen molar-refractivity contribution in [3.63, 3.8) is 0 Å². The predicted octanol–water partition coefficient (Wildman–Crippen LogP) is 2.50. The minimum absolute atomic E-state index is 0.188. The monoisotopic (exact) mass is 220 g/mol. The first-order valence-electron chi connectivity index (χ1n) is 5.43. The maximum atomic E-state index is 10.8. The molecule has 1 aromatic carbocycles. The third kappa shape index (κ3) is 1.66. The van der Waals surface area contributed by atoms with Gasteiger partial charge in [0.05, 0.1) is 13.0 Å². The molecule has 0 radical (unpaired) electrons. The van der Waals surface area contributed by atoms with Crippen molar-refractivity contribution in [2.75, 3.05) is 7.11 Å². The Kier molecular flexibility index (Phi) is 2.62. The number of carboxylic acids is 1. The summed E-state index contributed by atoms with van der Waals surface area (Å²) in [6, 6.07) is 3.92. The Balaban J connectivity index is 2.31. The van der Waals surface area contributed by atoms with Crippen molar-refractivity contribution in [2.24, 2.45) is 5.92 Å². The summed E-state index contributed by atoms with van der Waals surface area (Å²) in [6.07, 6.45) is 0.766. The number of hydrogen-bond acceptors (Lipinski definition) is 2. The van der Waals surface area contributed by atoms with Crippen molar-refractivity contribution >= 4 is 5.97 Å². The zero-order valence-electron chi connectivity index (χ0n) is 9.78. The fourth-order valence-corrected chi connectivity index (χ4v) is 2.25. The number of rotatable bonds is 3. The van der Waals surface area contributed by atoms with Crippen LogP contribution in [-0.4, -0.2) is 18.2 Å². The van der Waals surface area contributed by atoms with Crippen LogP contribution in [0.5, 0.6) is 5.75 Å². The number of ether oxygens (including phenoxy) is 1. The minimum atomic E-state index is -0.683. The highest BCUT2D eigenvalue weighted by molar-refractivity contribution is 5.75. The molecule has 16 heavy (non-hydrogen) atoms. The second-order valence-electron chi connectivity index (χ2n) is 4.39. The van der Waals surface area contributed by atoms with Crippen LogP contribution in [0.2, 0.25) is 0 Å². The van der Waals surface area contributed by atoms with Crippen LogP contribution in [-0.2, 0) is 4.79 Å². The van der Waals surface area contributed by atoms with Gasteiger partial charge in [0.25, 0.3) is 0 Å². The lowest BCUT2D eigenvalue weighted by molar-refractivity contribution is -0.138. The van der Waals surface area contributed by atoms with E-state index in [-0.39, 0.29) is 11.8 Å². The van der Waals surface area contributed by atoms with Gasteiger partial charge in [0.1, 0.15) is 5.75 Å². The fraction of sp³-hybridized carbons (Fsp3) is 0.462. The molecule has 3 nitrogen and oxygen atoms in total. The molecular formula is C13H16O3. The topological polar surface area (TPSA) is 46.5 Å². The van der Waals surface area contributed by atoms with Gasteiger partial charge in [-0.25, -0.2) is 0 Å². The van der Waals surface area contributed by atoms with E-state index in [1.165, 1.54) is 0 Å². The Labute approximate surface area is 95.0 Å². The molecule has 1 aliphatic rings. The van der Waals surface area contributed by atoms with Gasteiger partial charge in [-0.2, -0.15) is 0 Å². The summed E-state index contributed by atoms with van der Waals surface area (Å²) in [6.45, 7) is 4.04. The molecule has 86 valence electrons. The molecule has 1 N–H and O–H groups in total. The van der Waals surface area contributed by atoms with Gasteiger partial charge in [0, 0.05) is 0 Å². The lowest BCUT2D eigenvalue weighted by Gasteiger charge is -2.12. The zero-order valence-corrected chi connectivity index (χ0v) is 9.78. The van der Waals surface area contributed by atoms with Crippen LogP contribution in [0.4, 0.5) is 0 Å². The third-order valence-electron chi connectivity index (χ3n) is 3.51. The summed E-state index contributed by atoms with van der Waals surface area (Å²) in [5.74, 6) is 0.195. The van der Waals surface area contributed by atoms with E-state index in [2.05, 4.69) is 0 Å². The van der Waals surface area contributed by atoms with E-state index in [9.17, 15) is 4.79 Å². The fourth-order valence-electron chi connectivity index (χ4n) is 2.25. The number of carbonyl (C=O) groups is 1. The number of benzene rings is 1. The molecule has 1 fully saturated rings. The molecule has 2 unspecified atom stereocenters. The van der Waals surface area contributed by atoms with Gasteiger partial charge in [0.2, 0.25) is 0 Å². The Bertz CT molecular complexity index is 437. The van der Waals surface area contributed by atoms with Crippen molar-refractivity contribution in [1.82, 2.24) is 0 Å². The van der Waals surface area contributed by atoms with E-state index in [0.29, 0.717) is 0 Å². The van der Waals surface area contributed by atoms with Crippen LogP contribution in [0.25, 0.3) is 0 Å². The van der Waals surface area contributed by atoms with Crippen molar-refractivity contribution in [1.29, 1.82) is 0 Å². The summed E-state index contributed by atoms with van der Waals surface area (Å²) in [7, 11) is 1.65. The molecular weight excluding hydrogens is 204 g/mol. The van der Waals surface area contributed by atoms with Crippen LogP contribution in [0.15, 0.2) is 12.1 Å². The van der Waals surface area contributed by atoms with E-state index in [4.69, 9.17) is 9.84 Å². The SMILES string of the molecule is COc1ccc(C2CC2C(=O)O)c(C)c1C. The lowest BCUT2D eigenvalue weighted by Crippen LogP contribution is -2.01. The Hall–Kier alpha value is -1.51. The maximum absolute atomic E-state index is 10.8. The van der Waals surface area contributed by atoms with E-state index in [1.54, 1.807) is 7.11 Å². The van der Waals surface area contributed by atoms with Gasteiger partial charge in [-0.15, -0.1) is 0 Å². The largest absolute Gasteiger partial charge is 0.496 e. The molecule has 2 atom stereocenters. The molecule has 2 rings (SSSR count). The molecule has 1 saturated carbocycles. The highest BCUT2D eigenvalue weighted by Gasteiger charge is 2.44. The van der Waals surface area contributed by atoms with Gasteiger partial charge < -0.3 is 9.84 Å². The highest BCUT2D eigenvalue weighted by atomic mass is 16.5. The smallest absolute Gasteiger partial charge is 0.307 e. The molecule has 0 saturated heterocycles. The first-order chi connectivity index (χ1) is 7.56. The quantitative estimate of drug-likeness (QED) is 0.851. The second kappa shape index (κ2) is 3.81. The molecule has 1 aliphatic carbocycles. The zero-order chi connectivity index (χ0) is 11.9. The summed E-state index contributed by atoms with van der Waals surface area (Å²) in [5, 5.41) is 8.92. The third-order valence-corrected chi connectivity index (χ3v) is 3.51. The summed E-state index contributed by atoms with van der Waals surface area (Å²) in [4.78, 5) is 10.8. The molecule has 0 amide bonds. The van der Waals surface area contributed by atoms with Crippen molar-refractivity contribution in [3.05, 3.63) is 28.8 Å². The van der Waals surface area contributed by atoms with Crippen LogP contribution in [0, 0.1) is 19.8 Å². The Morgan fingerprint density at radius 2 is 2.06 bits per heavy atom. The molecule has 1 aromatic rings. The molecule has 0 bridgehead atoms. The van der Waals surface area contributed by atoms with Crippen LogP contribution in [0.1, 0.15) is 29.0 Å². The summed E-state index contributed by atoms with van der Waals surface area (Å²) < 4.78 is 5.24. The molecule has 0 spiro atoms. The van der Waals surface area contributed by atoms with E-state index >= 15 is 0 Å². The lowest BCUT2D eigenvalue weighted by atomic mass is 9.98. The Morgan fingerprint density at radius 3 is 2.56 bits per heavy atom. The van der Waals surface area contributed by atoms with Gasteiger partial charge in [0.15, 0.2) is 0 Å². The maximum Gasteiger partial charge on any atom is 0.307 e.